The molecule has 1 aliphatic rings. The molecular formula is C17H21N3O2S. The quantitative estimate of drug-likeness (QED) is 0.674. The predicted octanol–water partition coefficient (Wildman–Crippen LogP) is 2.55. The highest BCUT2D eigenvalue weighted by atomic mass is 32.2. The number of carbonyl (C=O) groups is 1. The van der Waals surface area contributed by atoms with Gasteiger partial charge in [-0.05, 0) is 30.9 Å². The Hall–Kier alpha value is -1.82. The van der Waals surface area contributed by atoms with E-state index in [1.807, 2.05) is 24.3 Å². The number of rotatable bonds is 5. The second-order valence-electron chi connectivity index (χ2n) is 6.09. The fourth-order valence-electron chi connectivity index (χ4n) is 3.18. The summed E-state index contributed by atoms with van der Waals surface area (Å²) in [6.45, 7) is 0.678. The number of thioether (sulfide) groups is 1. The lowest BCUT2D eigenvalue weighted by Gasteiger charge is -2.23. The zero-order chi connectivity index (χ0) is 16.2. The zero-order valence-corrected chi connectivity index (χ0v) is 13.8. The molecule has 1 aromatic heterocycles. The van der Waals surface area contributed by atoms with Gasteiger partial charge in [-0.2, -0.15) is 0 Å². The van der Waals surface area contributed by atoms with Crippen LogP contribution in [0.1, 0.15) is 32.1 Å². The number of carbonyl (C=O) groups excluding carboxylic acids is 1. The summed E-state index contributed by atoms with van der Waals surface area (Å²) in [7, 11) is 0. The summed E-state index contributed by atoms with van der Waals surface area (Å²) < 4.78 is 1.74. The van der Waals surface area contributed by atoms with Crippen molar-refractivity contribution >= 4 is 28.6 Å². The molecule has 1 amide bonds. The van der Waals surface area contributed by atoms with Gasteiger partial charge >= 0.3 is 0 Å². The Bertz CT molecular complexity index is 766. The lowest BCUT2D eigenvalue weighted by molar-refractivity contribution is -0.115. The van der Waals surface area contributed by atoms with Gasteiger partial charge in [0.25, 0.3) is 5.56 Å². The highest BCUT2D eigenvalue weighted by Crippen LogP contribution is 2.26. The molecule has 0 aliphatic heterocycles. The molecular weight excluding hydrogens is 310 g/mol. The highest BCUT2D eigenvalue weighted by molar-refractivity contribution is 7.99. The molecule has 2 aromatic rings. The normalized spacial score (nSPS) is 15.8. The van der Waals surface area contributed by atoms with E-state index < -0.39 is 5.91 Å². The second kappa shape index (κ2) is 7.17. The minimum atomic E-state index is -0.401. The topological polar surface area (TPSA) is 78.0 Å². The van der Waals surface area contributed by atoms with Gasteiger partial charge in [0.2, 0.25) is 5.91 Å². The van der Waals surface area contributed by atoms with Gasteiger partial charge in [0, 0.05) is 6.54 Å². The van der Waals surface area contributed by atoms with Crippen LogP contribution in [-0.4, -0.2) is 21.2 Å². The van der Waals surface area contributed by atoms with E-state index in [0.29, 0.717) is 28.5 Å². The van der Waals surface area contributed by atoms with Gasteiger partial charge in [-0.3, -0.25) is 14.2 Å². The zero-order valence-electron chi connectivity index (χ0n) is 13.0. The third-order valence-electron chi connectivity index (χ3n) is 4.34. The Morgan fingerprint density at radius 3 is 2.74 bits per heavy atom. The summed E-state index contributed by atoms with van der Waals surface area (Å²) in [5.41, 5.74) is 5.90. The SMILES string of the molecule is NC(=O)CSc1nc2ccccc2c(=O)n1CC1CCCCC1. The number of nitrogens with zero attached hydrogens (tertiary/aromatic N) is 2. The van der Waals surface area contributed by atoms with Crippen molar-refractivity contribution in [2.75, 3.05) is 5.75 Å². The smallest absolute Gasteiger partial charge is 0.262 e. The molecule has 6 heteroatoms. The minimum absolute atomic E-state index is 0.0202. The summed E-state index contributed by atoms with van der Waals surface area (Å²) >= 11 is 1.25. The van der Waals surface area contributed by atoms with Crippen LogP contribution in [0.25, 0.3) is 10.9 Å². The molecule has 2 N–H and O–H groups in total. The number of hydrogen-bond acceptors (Lipinski definition) is 4. The molecule has 23 heavy (non-hydrogen) atoms. The molecule has 1 aliphatic carbocycles. The number of nitrogens with two attached hydrogens (primary N) is 1. The Kier molecular flexibility index (Phi) is 5.00. The maximum Gasteiger partial charge on any atom is 0.262 e. The van der Waals surface area contributed by atoms with Crippen LogP contribution in [0.15, 0.2) is 34.2 Å². The van der Waals surface area contributed by atoms with E-state index in [0.717, 1.165) is 12.8 Å². The van der Waals surface area contributed by atoms with Gasteiger partial charge in [0.15, 0.2) is 5.16 Å². The molecule has 0 saturated heterocycles. The van der Waals surface area contributed by atoms with Crippen molar-refractivity contribution in [1.82, 2.24) is 9.55 Å². The van der Waals surface area contributed by atoms with Crippen LogP contribution in [0.4, 0.5) is 0 Å². The van der Waals surface area contributed by atoms with Gasteiger partial charge in [0.05, 0.1) is 16.7 Å². The number of amides is 1. The highest BCUT2D eigenvalue weighted by Gasteiger charge is 2.18. The molecule has 0 unspecified atom stereocenters. The van der Waals surface area contributed by atoms with Crippen molar-refractivity contribution in [3.05, 3.63) is 34.6 Å². The number of benzene rings is 1. The predicted molar refractivity (Wildman–Crippen MR) is 92.5 cm³/mol. The summed E-state index contributed by atoms with van der Waals surface area (Å²) in [5.74, 6) is 0.245. The lowest BCUT2D eigenvalue weighted by Crippen LogP contribution is -2.28. The molecule has 1 saturated carbocycles. The monoisotopic (exact) mass is 331 g/mol. The van der Waals surface area contributed by atoms with Crippen molar-refractivity contribution in [1.29, 1.82) is 0 Å². The number of aromatic nitrogens is 2. The van der Waals surface area contributed by atoms with E-state index >= 15 is 0 Å². The van der Waals surface area contributed by atoms with E-state index in [-0.39, 0.29) is 11.3 Å². The molecule has 0 bridgehead atoms. The van der Waals surface area contributed by atoms with Gasteiger partial charge in [-0.15, -0.1) is 0 Å². The van der Waals surface area contributed by atoms with E-state index in [9.17, 15) is 9.59 Å². The fraction of sp³-hybridized carbons (Fsp3) is 0.471. The van der Waals surface area contributed by atoms with Gasteiger partial charge in [0.1, 0.15) is 0 Å². The number of fused-ring (bicyclic) bond motifs is 1. The van der Waals surface area contributed by atoms with Crippen LogP contribution in [0.2, 0.25) is 0 Å². The van der Waals surface area contributed by atoms with Gasteiger partial charge in [-0.1, -0.05) is 43.2 Å². The van der Waals surface area contributed by atoms with Crippen molar-refractivity contribution < 1.29 is 4.79 Å². The molecule has 0 spiro atoms. The van der Waals surface area contributed by atoms with Crippen LogP contribution in [-0.2, 0) is 11.3 Å². The van der Waals surface area contributed by atoms with E-state index in [4.69, 9.17) is 5.73 Å². The van der Waals surface area contributed by atoms with Crippen molar-refractivity contribution in [2.24, 2.45) is 11.7 Å². The number of primary amides is 1. The van der Waals surface area contributed by atoms with Crippen LogP contribution in [0.5, 0.6) is 0 Å². The first-order valence-electron chi connectivity index (χ1n) is 8.06. The second-order valence-corrected chi connectivity index (χ2v) is 7.03. The molecule has 122 valence electrons. The van der Waals surface area contributed by atoms with Gasteiger partial charge in [-0.25, -0.2) is 4.98 Å². The largest absolute Gasteiger partial charge is 0.369 e. The Balaban J connectivity index is 2.00. The molecule has 5 nitrogen and oxygen atoms in total. The molecule has 0 radical (unpaired) electrons. The van der Waals surface area contributed by atoms with E-state index in [1.54, 1.807) is 4.57 Å². The van der Waals surface area contributed by atoms with Crippen LogP contribution < -0.4 is 11.3 Å². The molecule has 1 heterocycles. The van der Waals surface area contributed by atoms with Crippen LogP contribution in [0, 0.1) is 5.92 Å². The standard InChI is InChI=1S/C17H21N3O2S/c18-15(21)11-23-17-19-14-9-5-4-8-13(14)16(22)20(17)10-12-6-2-1-3-7-12/h4-5,8-9,12H,1-3,6-7,10-11H2,(H2,18,21). The first-order valence-corrected chi connectivity index (χ1v) is 9.04. The first kappa shape index (κ1) is 16.1. The summed E-state index contributed by atoms with van der Waals surface area (Å²) in [6, 6.07) is 7.36. The minimum Gasteiger partial charge on any atom is -0.369 e. The lowest BCUT2D eigenvalue weighted by atomic mass is 9.89. The Labute approximate surface area is 139 Å². The molecule has 0 atom stereocenters. The first-order chi connectivity index (χ1) is 11.1. The van der Waals surface area contributed by atoms with Crippen LogP contribution >= 0.6 is 11.8 Å². The average molecular weight is 331 g/mol. The summed E-state index contributed by atoms with van der Waals surface area (Å²) in [4.78, 5) is 28.6. The van der Waals surface area contributed by atoms with Crippen molar-refractivity contribution in [3.63, 3.8) is 0 Å². The molecule has 1 aromatic carbocycles. The molecule has 1 fully saturated rings. The Morgan fingerprint density at radius 2 is 2.00 bits per heavy atom. The third kappa shape index (κ3) is 3.75. The molecule has 3 rings (SSSR count). The summed E-state index contributed by atoms with van der Waals surface area (Å²) in [6.07, 6.45) is 6.04. The van der Waals surface area contributed by atoms with Crippen molar-refractivity contribution in [3.8, 4) is 0 Å². The maximum atomic E-state index is 12.9. The van der Waals surface area contributed by atoms with E-state index in [1.165, 1.54) is 31.0 Å². The Morgan fingerprint density at radius 1 is 1.26 bits per heavy atom. The number of hydrogen-bond donors (Lipinski definition) is 1. The number of para-hydroxylation sites is 1. The summed E-state index contributed by atoms with van der Waals surface area (Å²) in [5, 5.41) is 1.23. The third-order valence-corrected chi connectivity index (χ3v) is 5.33. The fourth-order valence-corrected chi connectivity index (χ4v) is 3.93. The van der Waals surface area contributed by atoms with E-state index in [2.05, 4.69) is 4.98 Å². The average Bonchev–Trinajstić information content (AvgIpc) is 2.57. The van der Waals surface area contributed by atoms with Gasteiger partial charge < -0.3 is 5.73 Å². The van der Waals surface area contributed by atoms with Crippen molar-refractivity contribution in [2.45, 2.75) is 43.8 Å². The van der Waals surface area contributed by atoms with Crippen LogP contribution in [0.3, 0.4) is 0 Å². The maximum absolute atomic E-state index is 12.9.